The molecule has 0 amide bonds. The van der Waals surface area contributed by atoms with Crippen LogP contribution in [0, 0.1) is 17.0 Å². The predicted octanol–water partition coefficient (Wildman–Crippen LogP) is 1.94. The third kappa shape index (κ3) is 1.61. The van der Waals surface area contributed by atoms with E-state index in [-0.39, 0.29) is 5.69 Å². The molecule has 1 heterocycles. The van der Waals surface area contributed by atoms with E-state index in [0.717, 1.165) is 6.20 Å². The minimum atomic E-state index is -3.10. The Hall–Kier alpha value is -1.79. The van der Waals surface area contributed by atoms with Gasteiger partial charge in [-0.25, -0.2) is 8.78 Å². The van der Waals surface area contributed by atoms with Crippen molar-refractivity contribution >= 4 is 5.69 Å². The molecule has 0 saturated heterocycles. The van der Waals surface area contributed by atoms with E-state index in [0.29, 0.717) is 0 Å². The summed E-state index contributed by atoms with van der Waals surface area (Å²) in [7, 11) is 0. The van der Waals surface area contributed by atoms with Gasteiger partial charge < -0.3 is 5.11 Å². The molecule has 0 aliphatic heterocycles. The molecule has 1 N–H and O–H groups in total. The van der Waals surface area contributed by atoms with Crippen molar-refractivity contribution in [3.8, 4) is 5.75 Å². The molecule has 0 fully saturated rings. The highest BCUT2D eigenvalue weighted by atomic mass is 19.3. The van der Waals surface area contributed by atoms with Crippen LogP contribution in [0.5, 0.6) is 5.75 Å². The van der Waals surface area contributed by atoms with E-state index >= 15 is 0 Å². The van der Waals surface area contributed by atoms with E-state index < -0.39 is 28.3 Å². The number of aryl methyl sites for hydroxylation is 1. The van der Waals surface area contributed by atoms with Gasteiger partial charge >= 0.3 is 5.69 Å². The van der Waals surface area contributed by atoms with E-state index in [1.165, 1.54) is 6.92 Å². The number of aromatic hydroxyl groups is 1. The van der Waals surface area contributed by atoms with Gasteiger partial charge in [-0.2, -0.15) is 0 Å². The van der Waals surface area contributed by atoms with Crippen LogP contribution in [0.25, 0.3) is 0 Å². The second-order valence-corrected chi connectivity index (χ2v) is 2.55. The maximum absolute atomic E-state index is 12.3. The molecule has 0 atom stereocenters. The molecule has 5 nitrogen and oxygen atoms in total. The topological polar surface area (TPSA) is 76.3 Å². The van der Waals surface area contributed by atoms with Gasteiger partial charge in [-0.1, -0.05) is 0 Å². The molecule has 1 aromatic rings. The van der Waals surface area contributed by atoms with Crippen molar-refractivity contribution in [1.29, 1.82) is 0 Å². The van der Waals surface area contributed by atoms with Gasteiger partial charge in [-0.05, 0) is 6.92 Å². The molecule has 0 radical (unpaired) electrons. The second kappa shape index (κ2) is 3.52. The first kappa shape index (κ1) is 10.3. The number of hydrogen-bond donors (Lipinski definition) is 1. The van der Waals surface area contributed by atoms with Crippen LogP contribution in [0.15, 0.2) is 6.20 Å². The van der Waals surface area contributed by atoms with Crippen molar-refractivity contribution in [1.82, 2.24) is 4.98 Å². The fourth-order valence-electron chi connectivity index (χ4n) is 1.05. The molecule has 0 saturated carbocycles. The second-order valence-electron chi connectivity index (χ2n) is 2.55. The van der Waals surface area contributed by atoms with Crippen molar-refractivity contribution in [3.63, 3.8) is 0 Å². The van der Waals surface area contributed by atoms with Crippen LogP contribution in [0.1, 0.15) is 17.7 Å². The Labute approximate surface area is 77.2 Å². The van der Waals surface area contributed by atoms with Crippen molar-refractivity contribution in [2.45, 2.75) is 13.3 Å². The molecule has 0 aliphatic rings. The maximum atomic E-state index is 12.3. The third-order valence-corrected chi connectivity index (χ3v) is 1.66. The Kier molecular flexibility index (Phi) is 2.59. The molecule has 76 valence electrons. The standard InChI is InChI=1S/C7H6F2N2O3/c1-3-6(11(13)14)5(7(8)9)4(12)2-10-3/h2,7,12H,1H3. The van der Waals surface area contributed by atoms with Gasteiger partial charge in [0.05, 0.1) is 11.1 Å². The molecular formula is C7H6F2N2O3. The largest absolute Gasteiger partial charge is 0.506 e. The summed E-state index contributed by atoms with van der Waals surface area (Å²) in [6.45, 7) is 1.23. The number of pyridine rings is 1. The fraction of sp³-hybridized carbons (Fsp3) is 0.286. The van der Waals surface area contributed by atoms with Gasteiger partial charge in [0.1, 0.15) is 17.0 Å². The number of halogens is 2. The molecule has 0 unspecified atom stereocenters. The Bertz CT molecular complexity index is 381. The normalized spacial score (nSPS) is 10.6. The van der Waals surface area contributed by atoms with Crippen LogP contribution >= 0.6 is 0 Å². The summed E-state index contributed by atoms with van der Waals surface area (Å²) in [5, 5.41) is 19.4. The molecule has 0 bridgehead atoms. The van der Waals surface area contributed by atoms with Gasteiger partial charge in [-0.3, -0.25) is 15.1 Å². The van der Waals surface area contributed by atoms with E-state index in [1.54, 1.807) is 0 Å². The van der Waals surface area contributed by atoms with Gasteiger partial charge in [0, 0.05) is 0 Å². The zero-order chi connectivity index (χ0) is 10.9. The monoisotopic (exact) mass is 204 g/mol. The first-order valence-electron chi connectivity index (χ1n) is 3.56. The minimum absolute atomic E-state index is 0.150. The van der Waals surface area contributed by atoms with Crippen molar-refractivity contribution in [2.75, 3.05) is 0 Å². The summed E-state index contributed by atoms with van der Waals surface area (Å²) in [6, 6.07) is 0. The first-order valence-corrected chi connectivity index (χ1v) is 3.56. The summed E-state index contributed by atoms with van der Waals surface area (Å²) >= 11 is 0. The van der Waals surface area contributed by atoms with Gasteiger partial charge in [0.25, 0.3) is 6.43 Å². The van der Waals surface area contributed by atoms with Gasteiger partial charge in [-0.15, -0.1) is 0 Å². The van der Waals surface area contributed by atoms with E-state index in [9.17, 15) is 18.9 Å². The molecular weight excluding hydrogens is 198 g/mol. The van der Waals surface area contributed by atoms with Crippen molar-refractivity contribution in [2.24, 2.45) is 0 Å². The highest BCUT2D eigenvalue weighted by Crippen LogP contribution is 2.36. The number of aromatic nitrogens is 1. The lowest BCUT2D eigenvalue weighted by Gasteiger charge is -2.05. The number of nitro groups is 1. The highest BCUT2D eigenvalue weighted by molar-refractivity contribution is 5.51. The predicted molar refractivity (Wildman–Crippen MR) is 42.3 cm³/mol. The highest BCUT2D eigenvalue weighted by Gasteiger charge is 2.28. The summed E-state index contributed by atoms with van der Waals surface area (Å²) in [6.07, 6.45) is -2.33. The van der Waals surface area contributed by atoms with Gasteiger partial charge in [0.2, 0.25) is 0 Å². The first-order chi connectivity index (χ1) is 6.45. The fourth-order valence-corrected chi connectivity index (χ4v) is 1.05. The molecule has 0 aliphatic carbocycles. The summed E-state index contributed by atoms with van der Waals surface area (Å²) in [5.41, 5.74) is -1.97. The van der Waals surface area contributed by atoms with Crippen molar-refractivity contribution < 1.29 is 18.8 Å². The average molecular weight is 204 g/mol. The van der Waals surface area contributed by atoms with Crippen LogP contribution in [0.2, 0.25) is 0 Å². The summed E-state index contributed by atoms with van der Waals surface area (Å²) in [5.74, 6) is -0.864. The summed E-state index contributed by atoms with van der Waals surface area (Å²) in [4.78, 5) is 12.9. The number of rotatable bonds is 2. The number of alkyl halides is 2. The van der Waals surface area contributed by atoms with Gasteiger partial charge in [0.15, 0.2) is 0 Å². The maximum Gasteiger partial charge on any atom is 0.303 e. The Morgan fingerprint density at radius 3 is 2.57 bits per heavy atom. The number of nitrogens with zero attached hydrogens (tertiary/aromatic N) is 2. The van der Waals surface area contributed by atoms with E-state index in [2.05, 4.69) is 4.98 Å². The van der Waals surface area contributed by atoms with Crippen LogP contribution in [0.4, 0.5) is 14.5 Å². The number of hydrogen-bond acceptors (Lipinski definition) is 4. The zero-order valence-electron chi connectivity index (χ0n) is 7.07. The van der Waals surface area contributed by atoms with Crippen LogP contribution in [-0.4, -0.2) is 15.0 Å². The lowest BCUT2D eigenvalue weighted by Crippen LogP contribution is -2.01. The molecule has 14 heavy (non-hydrogen) atoms. The van der Waals surface area contributed by atoms with Crippen LogP contribution in [0.3, 0.4) is 0 Å². The molecule has 1 aromatic heterocycles. The molecule has 0 aromatic carbocycles. The SMILES string of the molecule is Cc1ncc(O)c(C(F)F)c1[N+](=O)[O-]. The zero-order valence-corrected chi connectivity index (χ0v) is 7.07. The van der Waals surface area contributed by atoms with Crippen LogP contribution < -0.4 is 0 Å². The molecule has 0 spiro atoms. The lowest BCUT2D eigenvalue weighted by atomic mass is 10.2. The Balaban J connectivity index is 3.50. The lowest BCUT2D eigenvalue weighted by molar-refractivity contribution is -0.387. The molecule has 1 rings (SSSR count). The Morgan fingerprint density at radius 2 is 2.21 bits per heavy atom. The molecule has 7 heteroatoms. The Morgan fingerprint density at radius 1 is 1.64 bits per heavy atom. The smallest absolute Gasteiger partial charge is 0.303 e. The minimum Gasteiger partial charge on any atom is -0.506 e. The van der Waals surface area contributed by atoms with Crippen LogP contribution in [-0.2, 0) is 0 Å². The van der Waals surface area contributed by atoms with Crippen molar-refractivity contribution in [3.05, 3.63) is 27.6 Å². The average Bonchev–Trinajstić information content (AvgIpc) is 2.07. The third-order valence-electron chi connectivity index (χ3n) is 1.66. The van der Waals surface area contributed by atoms with E-state index in [4.69, 9.17) is 5.11 Å². The van der Waals surface area contributed by atoms with E-state index in [1.807, 2.05) is 0 Å². The quantitative estimate of drug-likeness (QED) is 0.589. The summed E-state index contributed by atoms with van der Waals surface area (Å²) < 4.78 is 24.7.